The van der Waals surface area contributed by atoms with Gasteiger partial charge in [-0.15, -0.1) is 5.48 Å². The van der Waals surface area contributed by atoms with Crippen LogP contribution in [0.3, 0.4) is 0 Å². The Hall–Kier alpha value is -1.46. The Morgan fingerprint density at radius 1 is 1.60 bits per heavy atom. The number of amides is 2. The molecule has 0 aromatic rings. The maximum atomic E-state index is 10.3. The van der Waals surface area contributed by atoms with Gasteiger partial charge in [-0.1, -0.05) is 0 Å². The summed E-state index contributed by atoms with van der Waals surface area (Å²) in [6.07, 6.45) is -1.94. The van der Waals surface area contributed by atoms with Crippen LogP contribution in [0.15, 0.2) is 0 Å². The van der Waals surface area contributed by atoms with Crippen LogP contribution in [0.2, 0.25) is 0 Å². The van der Waals surface area contributed by atoms with Gasteiger partial charge in [-0.05, 0) is 6.92 Å². The van der Waals surface area contributed by atoms with Crippen molar-refractivity contribution in [3.63, 3.8) is 0 Å². The minimum atomic E-state index is -1.09. The fraction of sp³-hybridized carbons (Fsp3) is 0.500. The molecule has 0 heterocycles. The van der Waals surface area contributed by atoms with E-state index >= 15 is 0 Å². The smallest absolute Gasteiger partial charge is 0.440 e. The van der Waals surface area contributed by atoms with E-state index in [0.29, 0.717) is 0 Å². The topological polar surface area (TPSA) is 90.7 Å². The van der Waals surface area contributed by atoms with Gasteiger partial charge in [-0.2, -0.15) is 0 Å². The van der Waals surface area contributed by atoms with E-state index in [-0.39, 0.29) is 6.61 Å². The fourth-order valence-corrected chi connectivity index (χ4v) is 0.253. The summed E-state index contributed by atoms with van der Waals surface area (Å²) in [6, 6.07) is 0. The first-order chi connectivity index (χ1) is 4.66. The van der Waals surface area contributed by atoms with Crippen molar-refractivity contribution < 1.29 is 19.2 Å². The average molecular weight is 148 g/mol. The predicted octanol–water partition coefficient (Wildman–Crippen LogP) is -0.257. The Balaban J connectivity index is 3.30. The van der Waals surface area contributed by atoms with Gasteiger partial charge in [-0.25, -0.2) is 9.59 Å². The Labute approximate surface area is 57.2 Å². The van der Waals surface area contributed by atoms with E-state index in [4.69, 9.17) is 0 Å². The number of primary amides is 1. The SMILES string of the molecule is CCOC(=O)NOC(N)=O. The molecule has 58 valence electrons. The zero-order valence-corrected chi connectivity index (χ0v) is 5.42. The molecule has 6 heteroatoms. The van der Waals surface area contributed by atoms with E-state index in [0.717, 1.165) is 0 Å². The average Bonchev–Trinajstić information content (AvgIpc) is 1.85. The molecule has 0 aromatic carbocycles. The molecule has 0 saturated heterocycles. The third kappa shape index (κ3) is 4.69. The van der Waals surface area contributed by atoms with Gasteiger partial charge in [-0.3, -0.25) is 0 Å². The Morgan fingerprint density at radius 2 is 2.20 bits per heavy atom. The number of carbonyl (C=O) groups is 2. The summed E-state index contributed by atoms with van der Waals surface area (Å²) in [5.74, 6) is 0. The van der Waals surface area contributed by atoms with Crippen molar-refractivity contribution in [2.75, 3.05) is 6.61 Å². The van der Waals surface area contributed by atoms with Gasteiger partial charge in [0.25, 0.3) is 0 Å². The molecular formula is C4H8N2O4. The molecule has 0 spiro atoms. The number of nitrogens with two attached hydrogens (primary N) is 1. The Bertz CT molecular complexity index is 135. The van der Waals surface area contributed by atoms with Gasteiger partial charge in [0, 0.05) is 0 Å². The van der Waals surface area contributed by atoms with Crippen LogP contribution in [0.1, 0.15) is 6.92 Å². The summed E-state index contributed by atoms with van der Waals surface area (Å²) < 4.78 is 4.31. The van der Waals surface area contributed by atoms with Crippen LogP contribution in [-0.2, 0) is 9.57 Å². The molecule has 3 N–H and O–H groups in total. The summed E-state index contributed by atoms with van der Waals surface area (Å²) >= 11 is 0. The summed E-state index contributed by atoms with van der Waals surface area (Å²) in [5, 5.41) is 0. The first kappa shape index (κ1) is 8.54. The number of hydrogen-bond donors (Lipinski definition) is 2. The lowest BCUT2D eigenvalue weighted by Crippen LogP contribution is -2.30. The van der Waals surface area contributed by atoms with Crippen LogP contribution in [0.5, 0.6) is 0 Å². The van der Waals surface area contributed by atoms with Crippen molar-refractivity contribution in [2.24, 2.45) is 5.73 Å². The van der Waals surface area contributed by atoms with Crippen molar-refractivity contribution in [1.29, 1.82) is 0 Å². The molecule has 10 heavy (non-hydrogen) atoms. The lowest BCUT2D eigenvalue weighted by atomic mass is 10.9. The third-order valence-electron chi connectivity index (χ3n) is 0.510. The second-order valence-corrected chi connectivity index (χ2v) is 1.24. The molecule has 0 bridgehead atoms. The van der Waals surface area contributed by atoms with Crippen molar-refractivity contribution in [2.45, 2.75) is 6.92 Å². The van der Waals surface area contributed by atoms with Crippen molar-refractivity contribution in [1.82, 2.24) is 5.48 Å². The molecule has 0 saturated carbocycles. The molecule has 2 amide bonds. The Morgan fingerprint density at radius 3 is 2.60 bits per heavy atom. The lowest BCUT2D eigenvalue weighted by molar-refractivity contribution is 0.0704. The van der Waals surface area contributed by atoms with E-state index < -0.39 is 12.2 Å². The van der Waals surface area contributed by atoms with Crippen molar-refractivity contribution in [3.05, 3.63) is 0 Å². The van der Waals surface area contributed by atoms with Crippen LogP contribution < -0.4 is 11.2 Å². The molecule has 0 atom stereocenters. The van der Waals surface area contributed by atoms with E-state index in [1.54, 1.807) is 12.4 Å². The number of ether oxygens (including phenoxy) is 1. The maximum absolute atomic E-state index is 10.3. The molecule has 0 aliphatic heterocycles. The lowest BCUT2D eigenvalue weighted by Gasteiger charge is -2.01. The van der Waals surface area contributed by atoms with Gasteiger partial charge in [0.05, 0.1) is 6.61 Å². The second kappa shape index (κ2) is 4.42. The zero-order chi connectivity index (χ0) is 7.98. The normalized spacial score (nSPS) is 8.10. The summed E-state index contributed by atoms with van der Waals surface area (Å²) in [7, 11) is 0. The van der Waals surface area contributed by atoms with E-state index in [9.17, 15) is 9.59 Å². The minimum absolute atomic E-state index is 0.202. The molecule has 0 aliphatic carbocycles. The maximum Gasteiger partial charge on any atom is 0.440 e. The van der Waals surface area contributed by atoms with E-state index in [1.165, 1.54) is 0 Å². The van der Waals surface area contributed by atoms with E-state index in [2.05, 4.69) is 15.3 Å². The van der Waals surface area contributed by atoms with Gasteiger partial charge in [0.15, 0.2) is 0 Å². The molecule has 0 fully saturated rings. The highest BCUT2D eigenvalue weighted by Gasteiger charge is 2.00. The molecule has 0 radical (unpaired) electrons. The largest absolute Gasteiger partial charge is 0.448 e. The highest BCUT2D eigenvalue weighted by atomic mass is 16.7. The number of carbonyl (C=O) groups excluding carboxylic acids is 2. The monoisotopic (exact) mass is 148 g/mol. The molecule has 0 aliphatic rings. The van der Waals surface area contributed by atoms with Crippen LogP contribution >= 0.6 is 0 Å². The molecule has 6 nitrogen and oxygen atoms in total. The Kier molecular flexibility index (Phi) is 3.78. The number of hydrogen-bond acceptors (Lipinski definition) is 4. The summed E-state index contributed by atoms with van der Waals surface area (Å²) in [5.41, 5.74) is 6.15. The molecule has 0 unspecified atom stereocenters. The standard InChI is InChI=1S/C4H8N2O4/c1-2-9-4(8)6-10-3(5)7/h2H2,1H3,(H2,5,7)(H,6,8). The quantitative estimate of drug-likeness (QED) is 0.501. The highest BCUT2D eigenvalue weighted by Crippen LogP contribution is 1.75. The predicted molar refractivity (Wildman–Crippen MR) is 30.8 cm³/mol. The fourth-order valence-electron chi connectivity index (χ4n) is 0.253. The first-order valence-corrected chi connectivity index (χ1v) is 2.56. The van der Waals surface area contributed by atoms with E-state index in [1.807, 2.05) is 0 Å². The van der Waals surface area contributed by atoms with Gasteiger partial charge >= 0.3 is 12.2 Å². The van der Waals surface area contributed by atoms with Gasteiger partial charge < -0.3 is 15.3 Å². The van der Waals surface area contributed by atoms with Crippen LogP contribution in [0.25, 0.3) is 0 Å². The van der Waals surface area contributed by atoms with Crippen LogP contribution in [0.4, 0.5) is 9.59 Å². The third-order valence-corrected chi connectivity index (χ3v) is 0.510. The molecule has 0 aromatic heterocycles. The van der Waals surface area contributed by atoms with Gasteiger partial charge in [0.1, 0.15) is 0 Å². The first-order valence-electron chi connectivity index (χ1n) is 2.56. The summed E-state index contributed by atoms with van der Waals surface area (Å²) in [6.45, 7) is 1.82. The van der Waals surface area contributed by atoms with Crippen molar-refractivity contribution in [3.8, 4) is 0 Å². The van der Waals surface area contributed by atoms with Crippen LogP contribution in [0, 0.1) is 0 Å². The minimum Gasteiger partial charge on any atom is -0.448 e. The van der Waals surface area contributed by atoms with Crippen LogP contribution in [-0.4, -0.2) is 18.8 Å². The number of hydroxylamine groups is 1. The molecule has 0 rings (SSSR count). The molecular weight excluding hydrogens is 140 g/mol. The number of rotatable bonds is 1. The zero-order valence-electron chi connectivity index (χ0n) is 5.42. The summed E-state index contributed by atoms with van der Waals surface area (Å²) in [4.78, 5) is 24.0. The number of nitrogens with one attached hydrogen (secondary N) is 1. The van der Waals surface area contributed by atoms with Crippen molar-refractivity contribution >= 4 is 12.2 Å². The highest BCUT2D eigenvalue weighted by molar-refractivity contribution is 5.70. The second-order valence-electron chi connectivity index (χ2n) is 1.24. The van der Waals surface area contributed by atoms with Gasteiger partial charge in [0.2, 0.25) is 0 Å².